The number of fused-ring (bicyclic) bond motifs is 1. The minimum Gasteiger partial charge on any atom is -0.465 e. The molecule has 4 heteroatoms. The summed E-state index contributed by atoms with van der Waals surface area (Å²) in [5.41, 5.74) is 3.62. The topological polar surface area (TPSA) is 46.6 Å². The molecule has 0 N–H and O–H groups in total. The van der Waals surface area contributed by atoms with Gasteiger partial charge in [-0.05, 0) is 67.5 Å². The van der Waals surface area contributed by atoms with Gasteiger partial charge in [-0.25, -0.2) is 4.79 Å². The molecule has 1 atom stereocenters. The summed E-state index contributed by atoms with van der Waals surface area (Å²) in [5, 5.41) is 0. The van der Waals surface area contributed by atoms with Crippen LogP contribution in [-0.4, -0.2) is 25.5 Å². The smallest absolute Gasteiger partial charge is 0.337 e. The summed E-state index contributed by atoms with van der Waals surface area (Å²) < 4.78 is 4.82. The molecule has 4 nitrogen and oxygen atoms in total. The molecule has 0 unspecified atom stereocenters. The van der Waals surface area contributed by atoms with Gasteiger partial charge in [-0.2, -0.15) is 0 Å². The Labute approximate surface area is 153 Å². The molecular formula is C22H23NO3. The predicted octanol–water partition coefficient (Wildman–Crippen LogP) is 3.78. The summed E-state index contributed by atoms with van der Waals surface area (Å²) in [6.07, 6.45) is 4.39. The van der Waals surface area contributed by atoms with E-state index in [0.717, 1.165) is 44.3 Å². The van der Waals surface area contributed by atoms with Crippen LogP contribution in [-0.2, 0) is 22.4 Å². The lowest BCUT2D eigenvalue weighted by Crippen LogP contribution is -2.51. The van der Waals surface area contributed by atoms with Gasteiger partial charge in [-0.3, -0.25) is 4.79 Å². The molecule has 2 aliphatic rings. The minimum atomic E-state index is -0.312. The Morgan fingerprint density at radius 3 is 2.65 bits per heavy atom. The molecule has 4 rings (SSSR count). The number of hydrogen-bond acceptors (Lipinski definition) is 3. The number of ether oxygens (including phenoxy) is 1. The lowest BCUT2D eigenvalue weighted by Gasteiger charge is -2.44. The Balaban J connectivity index is 1.62. The largest absolute Gasteiger partial charge is 0.465 e. The molecule has 0 saturated carbocycles. The monoisotopic (exact) mass is 349 g/mol. The van der Waals surface area contributed by atoms with Gasteiger partial charge in [0.1, 0.15) is 0 Å². The molecule has 0 aromatic heterocycles. The predicted molar refractivity (Wildman–Crippen MR) is 100 cm³/mol. The zero-order valence-corrected chi connectivity index (χ0v) is 15.0. The van der Waals surface area contributed by atoms with Gasteiger partial charge in [0.25, 0.3) is 0 Å². The molecule has 2 aromatic carbocycles. The Hall–Kier alpha value is -2.62. The fourth-order valence-electron chi connectivity index (χ4n) is 4.42. The second-order valence-corrected chi connectivity index (χ2v) is 7.33. The Bertz CT molecular complexity index is 846. The van der Waals surface area contributed by atoms with E-state index in [-0.39, 0.29) is 17.3 Å². The van der Waals surface area contributed by atoms with Gasteiger partial charge in [0.15, 0.2) is 0 Å². The second-order valence-electron chi connectivity index (χ2n) is 7.33. The Morgan fingerprint density at radius 2 is 1.88 bits per heavy atom. The van der Waals surface area contributed by atoms with E-state index in [2.05, 4.69) is 0 Å². The number of methoxy groups -OCH3 is 1. The average molecular weight is 349 g/mol. The molecule has 1 amide bonds. The summed E-state index contributed by atoms with van der Waals surface area (Å²) in [4.78, 5) is 27.1. The molecule has 26 heavy (non-hydrogen) atoms. The summed E-state index contributed by atoms with van der Waals surface area (Å²) in [6.45, 7) is 0.790. The van der Waals surface area contributed by atoms with Gasteiger partial charge in [-0.15, -0.1) is 0 Å². The Kier molecular flexibility index (Phi) is 4.27. The van der Waals surface area contributed by atoms with E-state index in [9.17, 15) is 9.59 Å². The van der Waals surface area contributed by atoms with Gasteiger partial charge in [0.05, 0.1) is 18.1 Å². The van der Waals surface area contributed by atoms with Gasteiger partial charge in [-0.1, -0.05) is 24.3 Å². The maximum atomic E-state index is 13.4. The third kappa shape index (κ3) is 2.79. The van der Waals surface area contributed by atoms with E-state index in [1.807, 2.05) is 53.4 Å². The van der Waals surface area contributed by atoms with Crippen LogP contribution in [0.1, 0.15) is 40.7 Å². The third-order valence-electron chi connectivity index (χ3n) is 5.83. The van der Waals surface area contributed by atoms with Crippen molar-refractivity contribution in [3.8, 4) is 0 Å². The minimum absolute atomic E-state index is 0.248. The van der Waals surface area contributed by atoms with E-state index in [1.54, 1.807) is 0 Å². The molecular weight excluding hydrogens is 326 g/mol. The lowest BCUT2D eigenvalue weighted by atomic mass is 9.66. The summed E-state index contributed by atoms with van der Waals surface area (Å²) in [6, 6.07) is 15.7. The highest BCUT2D eigenvalue weighted by Gasteiger charge is 2.46. The SMILES string of the molecule is COC(=O)c1ccc2c(c1)CC[C@]1(CCCN(c3ccccc3)C1=O)C2. The van der Waals surface area contributed by atoms with Crippen molar-refractivity contribution in [3.63, 3.8) is 0 Å². The number of esters is 1. The van der Waals surface area contributed by atoms with Crippen LogP contribution < -0.4 is 4.90 Å². The van der Waals surface area contributed by atoms with Crippen LogP contribution in [0.15, 0.2) is 48.5 Å². The van der Waals surface area contributed by atoms with Crippen molar-refractivity contribution in [3.05, 3.63) is 65.2 Å². The second kappa shape index (κ2) is 6.60. The fraction of sp³-hybridized carbons (Fsp3) is 0.364. The van der Waals surface area contributed by atoms with E-state index < -0.39 is 0 Å². The van der Waals surface area contributed by atoms with Crippen molar-refractivity contribution in [1.29, 1.82) is 0 Å². The van der Waals surface area contributed by atoms with Gasteiger partial charge in [0.2, 0.25) is 5.91 Å². The van der Waals surface area contributed by atoms with Gasteiger partial charge < -0.3 is 9.64 Å². The first-order chi connectivity index (χ1) is 12.6. The zero-order valence-electron chi connectivity index (χ0n) is 15.0. The van der Waals surface area contributed by atoms with Gasteiger partial charge in [0, 0.05) is 12.2 Å². The van der Waals surface area contributed by atoms with E-state index in [1.165, 1.54) is 18.2 Å². The van der Waals surface area contributed by atoms with Crippen LogP contribution in [0.5, 0.6) is 0 Å². The molecule has 1 fully saturated rings. The standard InChI is InChI=1S/C22H23NO3/c1-26-20(24)17-8-9-18-15-22(12-10-16(18)14-17)11-5-13-23(21(22)25)19-6-3-2-4-7-19/h2-4,6-9,14H,5,10-13,15H2,1H3/t22-/m1/s1. The maximum absolute atomic E-state index is 13.4. The number of piperidine rings is 1. The number of para-hydroxylation sites is 1. The number of anilines is 1. The highest BCUT2D eigenvalue weighted by molar-refractivity contribution is 5.99. The first kappa shape index (κ1) is 16.8. The molecule has 0 bridgehead atoms. The molecule has 1 aliphatic carbocycles. The average Bonchev–Trinajstić information content (AvgIpc) is 2.70. The highest BCUT2D eigenvalue weighted by Crippen LogP contribution is 2.44. The van der Waals surface area contributed by atoms with E-state index >= 15 is 0 Å². The van der Waals surface area contributed by atoms with Crippen LogP contribution >= 0.6 is 0 Å². The van der Waals surface area contributed by atoms with Crippen LogP contribution in [0.2, 0.25) is 0 Å². The number of hydrogen-bond donors (Lipinski definition) is 0. The normalized spacial score (nSPS) is 22.2. The molecule has 0 radical (unpaired) electrons. The number of amides is 1. The quantitative estimate of drug-likeness (QED) is 0.775. The highest BCUT2D eigenvalue weighted by atomic mass is 16.5. The number of nitrogens with zero attached hydrogens (tertiary/aromatic N) is 1. The van der Waals surface area contributed by atoms with Crippen molar-refractivity contribution in [2.45, 2.75) is 32.1 Å². The van der Waals surface area contributed by atoms with Crippen molar-refractivity contribution in [1.82, 2.24) is 0 Å². The lowest BCUT2D eigenvalue weighted by molar-refractivity contribution is -0.131. The molecule has 134 valence electrons. The molecule has 1 aliphatic heterocycles. The summed E-state index contributed by atoms with van der Waals surface area (Å²) >= 11 is 0. The summed E-state index contributed by atoms with van der Waals surface area (Å²) in [7, 11) is 1.40. The van der Waals surface area contributed by atoms with Crippen LogP contribution in [0.3, 0.4) is 0 Å². The number of carbonyl (C=O) groups is 2. The maximum Gasteiger partial charge on any atom is 0.337 e. The Morgan fingerprint density at radius 1 is 1.08 bits per heavy atom. The van der Waals surface area contributed by atoms with E-state index in [4.69, 9.17) is 4.74 Å². The van der Waals surface area contributed by atoms with Crippen molar-refractivity contribution >= 4 is 17.6 Å². The first-order valence-corrected chi connectivity index (χ1v) is 9.20. The van der Waals surface area contributed by atoms with Crippen molar-refractivity contribution in [2.24, 2.45) is 5.41 Å². The van der Waals surface area contributed by atoms with Crippen molar-refractivity contribution in [2.75, 3.05) is 18.6 Å². The number of carbonyl (C=O) groups excluding carboxylic acids is 2. The first-order valence-electron chi connectivity index (χ1n) is 9.20. The van der Waals surface area contributed by atoms with Crippen molar-refractivity contribution < 1.29 is 14.3 Å². The molecule has 1 spiro atoms. The molecule has 1 heterocycles. The van der Waals surface area contributed by atoms with Gasteiger partial charge >= 0.3 is 5.97 Å². The summed E-state index contributed by atoms with van der Waals surface area (Å²) in [5.74, 6) is -0.0604. The number of benzene rings is 2. The van der Waals surface area contributed by atoms with Crippen LogP contribution in [0.4, 0.5) is 5.69 Å². The van der Waals surface area contributed by atoms with E-state index in [0.29, 0.717) is 5.56 Å². The zero-order chi connectivity index (χ0) is 18.1. The number of rotatable bonds is 2. The molecule has 2 aromatic rings. The van der Waals surface area contributed by atoms with Crippen LogP contribution in [0, 0.1) is 5.41 Å². The number of aryl methyl sites for hydroxylation is 1. The van der Waals surface area contributed by atoms with Crippen LogP contribution in [0.25, 0.3) is 0 Å². The third-order valence-corrected chi connectivity index (χ3v) is 5.83. The molecule has 1 saturated heterocycles. The fourth-order valence-corrected chi connectivity index (χ4v) is 4.42.